The predicted octanol–water partition coefficient (Wildman–Crippen LogP) is 3.52. The van der Waals surface area contributed by atoms with E-state index in [1.165, 1.54) is 0 Å². The van der Waals surface area contributed by atoms with Crippen LogP contribution in [0, 0.1) is 5.41 Å². The fourth-order valence-electron chi connectivity index (χ4n) is 4.64. The number of nitrogens with zero attached hydrogens (tertiary/aromatic N) is 4. The molecule has 2 aliphatic rings. The average molecular weight is 542 g/mol. The fraction of sp³-hybridized carbons (Fsp3) is 0.536. The molecule has 38 heavy (non-hydrogen) atoms. The molecule has 2 aromatic heterocycles. The summed E-state index contributed by atoms with van der Waals surface area (Å²) in [5.41, 5.74) is 2.72. The second kappa shape index (κ2) is 11.4. The van der Waals surface area contributed by atoms with Crippen LogP contribution in [-0.4, -0.2) is 89.8 Å². The van der Waals surface area contributed by atoms with E-state index < -0.39 is 15.3 Å². The van der Waals surface area contributed by atoms with Gasteiger partial charge in [-0.2, -0.15) is 0 Å². The molecular formula is C28H39N5O4S. The molecule has 0 atom stereocenters. The highest BCUT2D eigenvalue weighted by atomic mass is 32.2. The second-order valence-electron chi connectivity index (χ2n) is 11.2. The van der Waals surface area contributed by atoms with Crippen molar-refractivity contribution in [3.8, 4) is 0 Å². The second-order valence-corrected chi connectivity index (χ2v) is 13.5. The minimum Gasteiger partial charge on any atom is -0.490 e. The number of Topliss-reactive ketones (excluding diaryl/α,β-unsaturated/α-hetero) is 1. The number of carbonyl (C=O) groups excluding carboxylic acids is 1. The third-order valence-corrected chi connectivity index (χ3v) is 8.66. The number of aromatic nitrogens is 3. The number of carbonyl (C=O) groups is 1. The summed E-state index contributed by atoms with van der Waals surface area (Å²) in [6.07, 6.45) is 11.5. The number of piperidine rings is 1. The Morgan fingerprint density at radius 1 is 1.21 bits per heavy atom. The van der Waals surface area contributed by atoms with E-state index in [1.54, 1.807) is 18.5 Å². The van der Waals surface area contributed by atoms with Gasteiger partial charge in [0.1, 0.15) is 17.4 Å². The van der Waals surface area contributed by atoms with Crippen LogP contribution in [0.5, 0.6) is 0 Å². The zero-order chi connectivity index (χ0) is 27.5. The van der Waals surface area contributed by atoms with Crippen LogP contribution in [0.3, 0.4) is 0 Å². The standard InChI is InChI=1S/C28H39N5O4S/c1-6-22(37-23-9-11-32(5)12-10-23)17-21(33-13-15-38(35,36)16-14-33)8-7-20-18-29-27-25(31-20)24(19-30-27)26(34)28(2,3)4/h6,8,17-19,23H,1,7,9-16H2,2-5H3,(H,29,30)/b21-8+,22-17+. The summed E-state index contributed by atoms with van der Waals surface area (Å²) in [5.74, 6) is 0.908. The molecule has 2 fully saturated rings. The van der Waals surface area contributed by atoms with Crippen LogP contribution in [0.25, 0.3) is 11.2 Å². The van der Waals surface area contributed by atoms with E-state index in [0.29, 0.717) is 47.7 Å². The molecule has 1 N–H and O–H groups in total. The van der Waals surface area contributed by atoms with E-state index >= 15 is 0 Å². The molecule has 0 unspecified atom stereocenters. The number of aromatic amines is 1. The minimum absolute atomic E-state index is 0.00516. The lowest BCUT2D eigenvalue weighted by Crippen LogP contribution is -2.39. The van der Waals surface area contributed by atoms with Crippen LogP contribution in [0.4, 0.5) is 0 Å². The van der Waals surface area contributed by atoms with Gasteiger partial charge in [-0.1, -0.05) is 33.4 Å². The van der Waals surface area contributed by atoms with Gasteiger partial charge in [-0.3, -0.25) is 4.79 Å². The Labute approximate surface area is 225 Å². The topological polar surface area (TPSA) is 108 Å². The van der Waals surface area contributed by atoms with E-state index in [2.05, 4.69) is 33.4 Å². The van der Waals surface area contributed by atoms with E-state index in [0.717, 1.165) is 31.6 Å². The van der Waals surface area contributed by atoms with Gasteiger partial charge in [0.05, 0.1) is 29.0 Å². The zero-order valence-corrected chi connectivity index (χ0v) is 23.7. The number of allylic oxidation sites excluding steroid dienone is 3. The van der Waals surface area contributed by atoms with Crippen LogP contribution in [0.1, 0.15) is 49.7 Å². The lowest BCUT2D eigenvalue weighted by molar-refractivity contribution is 0.0639. The first-order chi connectivity index (χ1) is 17.9. The number of fused-ring (bicyclic) bond motifs is 1. The molecule has 0 amide bonds. The maximum Gasteiger partial charge on any atom is 0.171 e. The maximum atomic E-state index is 12.9. The van der Waals surface area contributed by atoms with Gasteiger partial charge in [0.2, 0.25) is 0 Å². The highest BCUT2D eigenvalue weighted by Gasteiger charge is 2.27. The third kappa shape index (κ3) is 6.91. The predicted molar refractivity (Wildman–Crippen MR) is 150 cm³/mol. The number of ether oxygens (including phenoxy) is 1. The summed E-state index contributed by atoms with van der Waals surface area (Å²) in [7, 11) is -0.912. The number of hydrogen-bond acceptors (Lipinski definition) is 8. The first kappa shape index (κ1) is 28.0. The fourth-order valence-corrected chi connectivity index (χ4v) is 5.85. The van der Waals surface area contributed by atoms with Gasteiger partial charge in [0.15, 0.2) is 21.3 Å². The van der Waals surface area contributed by atoms with Gasteiger partial charge in [-0.15, -0.1) is 0 Å². The molecule has 2 aromatic rings. The molecule has 2 saturated heterocycles. The van der Waals surface area contributed by atoms with Gasteiger partial charge in [-0.05, 0) is 26.0 Å². The quantitative estimate of drug-likeness (QED) is 0.307. The third-order valence-electron chi connectivity index (χ3n) is 7.05. The van der Waals surface area contributed by atoms with Crippen molar-refractivity contribution >= 4 is 26.8 Å². The Kier molecular flexibility index (Phi) is 8.42. The van der Waals surface area contributed by atoms with Crippen molar-refractivity contribution in [2.45, 2.75) is 46.1 Å². The van der Waals surface area contributed by atoms with Gasteiger partial charge in [0.25, 0.3) is 0 Å². The number of nitrogens with one attached hydrogen (secondary N) is 1. The number of ketones is 1. The summed E-state index contributed by atoms with van der Waals surface area (Å²) < 4.78 is 30.4. The highest BCUT2D eigenvalue weighted by Crippen LogP contribution is 2.25. The molecule has 9 nitrogen and oxygen atoms in total. The molecule has 0 saturated carbocycles. The first-order valence-corrected chi connectivity index (χ1v) is 15.0. The van der Waals surface area contributed by atoms with Gasteiger partial charge in [-0.25, -0.2) is 18.4 Å². The van der Waals surface area contributed by atoms with Crippen molar-refractivity contribution in [1.82, 2.24) is 24.8 Å². The summed E-state index contributed by atoms with van der Waals surface area (Å²) in [6, 6.07) is 0. The Bertz CT molecular complexity index is 1330. The van der Waals surface area contributed by atoms with Crippen molar-refractivity contribution in [2.24, 2.45) is 5.41 Å². The van der Waals surface area contributed by atoms with E-state index in [-0.39, 0.29) is 23.4 Å². The first-order valence-electron chi connectivity index (χ1n) is 13.2. The number of H-pyrrole nitrogens is 1. The molecule has 2 aliphatic heterocycles. The normalized spacial score (nSPS) is 20.1. The molecule has 0 bridgehead atoms. The summed E-state index contributed by atoms with van der Waals surface area (Å²) in [4.78, 5) is 29.6. The molecule has 0 aromatic carbocycles. The molecule has 0 aliphatic carbocycles. The van der Waals surface area contributed by atoms with Crippen molar-refractivity contribution < 1.29 is 17.9 Å². The SMILES string of the molecule is C=C/C(=C\C(=C/Cc1cnc2[nH]cc(C(=O)C(C)(C)C)c2n1)N1CCS(=O)(=O)CC1)OC1CCN(C)CC1. The minimum atomic E-state index is -3.02. The van der Waals surface area contributed by atoms with Crippen LogP contribution < -0.4 is 0 Å². The van der Waals surface area contributed by atoms with Gasteiger partial charge in [0, 0.05) is 56.0 Å². The van der Waals surface area contributed by atoms with Crippen LogP contribution in [0.2, 0.25) is 0 Å². The number of likely N-dealkylation sites (tertiary alicyclic amines) is 1. The van der Waals surface area contributed by atoms with Crippen molar-refractivity contribution in [3.05, 3.63) is 59.9 Å². The monoisotopic (exact) mass is 541 g/mol. The average Bonchev–Trinajstić information content (AvgIpc) is 3.29. The molecule has 0 spiro atoms. The van der Waals surface area contributed by atoms with Gasteiger partial charge < -0.3 is 19.5 Å². The summed E-state index contributed by atoms with van der Waals surface area (Å²) in [6.45, 7) is 12.4. The van der Waals surface area contributed by atoms with Crippen LogP contribution >= 0.6 is 0 Å². The molecule has 4 heterocycles. The van der Waals surface area contributed by atoms with Gasteiger partial charge >= 0.3 is 0 Å². The number of hydrogen-bond donors (Lipinski definition) is 1. The van der Waals surface area contributed by atoms with Crippen molar-refractivity contribution in [2.75, 3.05) is 44.7 Å². The van der Waals surface area contributed by atoms with E-state index in [1.807, 2.05) is 32.9 Å². The zero-order valence-electron chi connectivity index (χ0n) is 22.9. The molecule has 4 rings (SSSR count). The Morgan fingerprint density at radius 2 is 1.89 bits per heavy atom. The van der Waals surface area contributed by atoms with Crippen molar-refractivity contribution in [1.29, 1.82) is 0 Å². The molecular weight excluding hydrogens is 502 g/mol. The van der Waals surface area contributed by atoms with Crippen LogP contribution in [0.15, 0.2) is 48.7 Å². The lowest BCUT2D eigenvalue weighted by Gasteiger charge is -2.31. The molecule has 10 heteroatoms. The lowest BCUT2D eigenvalue weighted by atomic mass is 9.87. The Balaban J connectivity index is 1.61. The van der Waals surface area contributed by atoms with Crippen molar-refractivity contribution in [3.63, 3.8) is 0 Å². The number of rotatable bonds is 8. The van der Waals surface area contributed by atoms with E-state index in [9.17, 15) is 13.2 Å². The largest absolute Gasteiger partial charge is 0.490 e. The summed E-state index contributed by atoms with van der Waals surface area (Å²) >= 11 is 0. The Morgan fingerprint density at radius 3 is 2.53 bits per heavy atom. The maximum absolute atomic E-state index is 12.9. The number of sulfone groups is 1. The van der Waals surface area contributed by atoms with E-state index in [4.69, 9.17) is 9.72 Å². The highest BCUT2D eigenvalue weighted by molar-refractivity contribution is 7.91. The smallest absolute Gasteiger partial charge is 0.171 e. The molecule has 0 radical (unpaired) electrons. The Hall–Kier alpha value is -2.98. The molecule has 206 valence electrons. The summed E-state index contributed by atoms with van der Waals surface area (Å²) in [5, 5.41) is 0. The van der Waals surface area contributed by atoms with Crippen LogP contribution in [-0.2, 0) is 21.0 Å².